The van der Waals surface area contributed by atoms with E-state index in [-0.39, 0.29) is 39.1 Å². The molecule has 0 unspecified atom stereocenters. The van der Waals surface area contributed by atoms with Crippen LogP contribution in [0.25, 0.3) is 0 Å². The Bertz CT molecular complexity index is 451. The molecule has 0 aromatic rings. The van der Waals surface area contributed by atoms with E-state index < -0.39 is 25.7 Å². The van der Waals surface area contributed by atoms with E-state index in [2.05, 4.69) is 0 Å². The van der Waals surface area contributed by atoms with Crippen molar-refractivity contribution < 1.29 is 47.8 Å². The van der Waals surface area contributed by atoms with E-state index in [1.54, 1.807) is 0 Å². The molecule has 0 radical (unpaired) electrons. The molecule has 0 bridgehead atoms. The van der Waals surface area contributed by atoms with Crippen molar-refractivity contribution >= 4 is 25.7 Å². The molecule has 29 heavy (non-hydrogen) atoms. The van der Waals surface area contributed by atoms with Crippen LogP contribution in [0.1, 0.15) is 77.0 Å². The van der Waals surface area contributed by atoms with Gasteiger partial charge in [0.25, 0.3) is 0 Å². The van der Waals surface area contributed by atoms with Crippen molar-refractivity contribution in [3.05, 3.63) is 0 Å². The molecule has 11 heteroatoms. The summed E-state index contributed by atoms with van der Waals surface area (Å²) < 4.78 is 28.6. The van der Waals surface area contributed by atoms with Crippen molar-refractivity contribution in [3.8, 4) is 0 Å². The molecular weight excluding hydrogens is 407 g/mol. The Balaban J connectivity index is 4.19. The van der Waals surface area contributed by atoms with E-state index in [0.29, 0.717) is 57.8 Å². The molecule has 0 rings (SSSR count). The number of rotatable bonds is 21. The first kappa shape index (κ1) is 27.5. The Kier molecular flexibility index (Phi) is 16.5. The van der Waals surface area contributed by atoms with Crippen LogP contribution >= 0.6 is 7.82 Å². The highest BCUT2D eigenvalue weighted by molar-refractivity contribution is 7.48. The lowest BCUT2D eigenvalue weighted by atomic mass is 10.2. The predicted molar refractivity (Wildman–Crippen MR) is 104 cm³/mol. The highest BCUT2D eigenvalue weighted by Crippen LogP contribution is 2.50. The van der Waals surface area contributed by atoms with E-state index in [1.807, 2.05) is 0 Å². The first-order chi connectivity index (χ1) is 13.7. The lowest BCUT2D eigenvalue weighted by Gasteiger charge is -2.18. The Morgan fingerprint density at radius 2 is 0.793 bits per heavy atom. The molecule has 0 saturated heterocycles. The molecule has 0 fully saturated rings. The van der Waals surface area contributed by atoms with Gasteiger partial charge in [-0.15, -0.1) is 0 Å². The van der Waals surface area contributed by atoms with Crippen molar-refractivity contribution in [1.82, 2.24) is 0 Å². The molecule has 0 amide bonds. The van der Waals surface area contributed by atoms with Crippen LogP contribution in [-0.4, -0.2) is 53.0 Å². The fraction of sp³-hybridized carbons (Fsp3) is 0.833. The van der Waals surface area contributed by atoms with Gasteiger partial charge in [0, 0.05) is 19.3 Å². The van der Waals surface area contributed by atoms with Gasteiger partial charge in [-0.05, 0) is 38.5 Å². The molecule has 0 heterocycles. The van der Waals surface area contributed by atoms with Gasteiger partial charge in [0.2, 0.25) is 0 Å². The van der Waals surface area contributed by atoms with Crippen LogP contribution in [-0.2, 0) is 32.5 Å². The number of carboxylic acids is 3. The number of hydrogen-bond acceptors (Lipinski definition) is 7. The number of unbranched alkanes of at least 4 members (excludes halogenated alkanes) is 6. The van der Waals surface area contributed by atoms with Crippen LogP contribution < -0.4 is 0 Å². The van der Waals surface area contributed by atoms with Gasteiger partial charge < -0.3 is 15.3 Å². The molecular formula is C18H33O10P. The van der Waals surface area contributed by atoms with Crippen molar-refractivity contribution in [3.63, 3.8) is 0 Å². The zero-order valence-corrected chi connectivity index (χ0v) is 17.6. The van der Waals surface area contributed by atoms with Gasteiger partial charge in [-0.25, -0.2) is 4.57 Å². The van der Waals surface area contributed by atoms with E-state index in [4.69, 9.17) is 28.9 Å². The minimum atomic E-state index is -3.77. The van der Waals surface area contributed by atoms with Crippen molar-refractivity contribution in [1.29, 1.82) is 0 Å². The van der Waals surface area contributed by atoms with Crippen LogP contribution in [0.4, 0.5) is 0 Å². The summed E-state index contributed by atoms with van der Waals surface area (Å²) in [6.07, 6.45) is 5.06. The number of carboxylic acid groups (broad SMARTS) is 3. The molecule has 0 aromatic heterocycles. The van der Waals surface area contributed by atoms with E-state index in [9.17, 15) is 18.9 Å². The quantitative estimate of drug-likeness (QED) is 0.175. The van der Waals surface area contributed by atoms with E-state index in [1.165, 1.54) is 0 Å². The summed E-state index contributed by atoms with van der Waals surface area (Å²) in [5.74, 6) is -2.60. The van der Waals surface area contributed by atoms with Crippen molar-refractivity contribution in [2.75, 3.05) is 19.8 Å². The third kappa shape index (κ3) is 19.6. The summed E-state index contributed by atoms with van der Waals surface area (Å²) in [5, 5.41) is 25.8. The Morgan fingerprint density at radius 3 is 1.03 bits per heavy atom. The maximum absolute atomic E-state index is 12.7. The van der Waals surface area contributed by atoms with Crippen molar-refractivity contribution in [2.24, 2.45) is 0 Å². The first-order valence-corrected chi connectivity index (χ1v) is 11.4. The fourth-order valence-electron chi connectivity index (χ4n) is 2.31. The van der Waals surface area contributed by atoms with E-state index >= 15 is 0 Å². The summed E-state index contributed by atoms with van der Waals surface area (Å²) >= 11 is 0. The summed E-state index contributed by atoms with van der Waals surface area (Å²) in [5.41, 5.74) is 0. The summed E-state index contributed by atoms with van der Waals surface area (Å²) in [4.78, 5) is 31.4. The molecule has 3 N–H and O–H groups in total. The van der Waals surface area contributed by atoms with Gasteiger partial charge in [-0.2, -0.15) is 0 Å². The van der Waals surface area contributed by atoms with Gasteiger partial charge in [0.15, 0.2) is 0 Å². The molecule has 0 aliphatic heterocycles. The van der Waals surface area contributed by atoms with E-state index in [0.717, 1.165) is 0 Å². The zero-order chi connectivity index (χ0) is 22.0. The zero-order valence-electron chi connectivity index (χ0n) is 16.8. The van der Waals surface area contributed by atoms with Crippen LogP contribution in [0.2, 0.25) is 0 Å². The molecule has 0 atom stereocenters. The second kappa shape index (κ2) is 17.4. The maximum atomic E-state index is 12.7. The monoisotopic (exact) mass is 440 g/mol. The first-order valence-electron chi connectivity index (χ1n) is 9.94. The second-order valence-electron chi connectivity index (χ2n) is 6.56. The smallest absolute Gasteiger partial charge is 0.474 e. The number of carbonyl (C=O) groups is 3. The molecule has 0 aliphatic rings. The molecule has 0 aromatic carbocycles. The maximum Gasteiger partial charge on any atom is 0.474 e. The fourth-order valence-corrected chi connectivity index (χ4v) is 3.59. The standard InChI is InChI=1S/C18H33O10P/c19-16(20)10-4-1-7-13-26-29(25,27-14-8-2-5-11-17(21)22)28-15-9-3-6-12-18(23)24/h1-15H2,(H,19,20)(H,21,22)(H,23,24). The highest BCUT2D eigenvalue weighted by Gasteiger charge is 2.26. The predicted octanol–water partition coefficient (Wildman–Crippen LogP) is 4.08. The van der Waals surface area contributed by atoms with Crippen LogP contribution in [0.3, 0.4) is 0 Å². The Labute approximate surface area is 171 Å². The van der Waals surface area contributed by atoms with Crippen LogP contribution in [0.15, 0.2) is 0 Å². The SMILES string of the molecule is O=C(O)CCCCCOP(=O)(OCCCCCC(=O)O)OCCCCCC(=O)O. The average molecular weight is 440 g/mol. The topological polar surface area (TPSA) is 157 Å². The Morgan fingerprint density at radius 1 is 0.517 bits per heavy atom. The number of phosphoric ester groups is 1. The molecule has 0 aliphatic carbocycles. The largest absolute Gasteiger partial charge is 0.481 e. The van der Waals surface area contributed by atoms with Crippen LogP contribution in [0, 0.1) is 0 Å². The van der Waals surface area contributed by atoms with Gasteiger partial charge in [-0.1, -0.05) is 19.3 Å². The summed E-state index contributed by atoms with van der Waals surface area (Å²) in [6.45, 7) is 0.318. The van der Waals surface area contributed by atoms with Crippen LogP contribution in [0.5, 0.6) is 0 Å². The lowest BCUT2D eigenvalue weighted by Crippen LogP contribution is -2.05. The van der Waals surface area contributed by atoms with Crippen molar-refractivity contribution in [2.45, 2.75) is 77.0 Å². The molecule has 0 saturated carbocycles. The second-order valence-corrected chi connectivity index (χ2v) is 8.23. The summed E-state index contributed by atoms with van der Waals surface area (Å²) in [6, 6.07) is 0. The molecule has 0 spiro atoms. The third-order valence-electron chi connectivity index (χ3n) is 3.85. The molecule has 170 valence electrons. The highest BCUT2D eigenvalue weighted by atomic mass is 31.2. The number of hydrogen-bond donors (Lipinski definition) is 3. The number of phosphoric acid groups is 1. The minimum absolute atomic E-state index is 0.0668. The summed E-state index contributed by atoms with van der Waals surface area (Å²) in [7, 11) is -3.77. The average Bonchev–Trinajstić information content (AvgIpc) is 2.63. The normalized spacial score (nSPS) is 11.4. The third-order valence-corrected chi connectivity index (χ3v) is 5.35. The lowest BCUT2D eigenvalue weighted by molar-refractivity contribution is -0.138. The molecule has 10 nitrogen and oxygen atoms in total. The minimum Gasteiger partial charge on any atom is -0.481 e. The van der Waals surface area contributed by atoms with Gasteiger partial charge >= 0.3 is 25.7 Å². The Hall–Kier alpha value is -1.48. The van der Waals surface area contributed by atoms with Gasteiger partial charge in [0.1, 0.15) is 0 Å². The van der Waals surface area contributed by atoms with Gasteiger partial charge in [0.05, 0.1) is 19.8 Å². The van der Waals surface area contributed by atoms with Gasteiger partial charge in [-0.3, -0.25) is 28.0 Å². The number of aliphatic carboxylic acids is 3.